The summed E-state index contributed by atoms with van der Waals surface area (Å²) in [5.74, 6) is -0.193. The molecule has 0 fully saturated rings. The number of nitrogens with zero attached hydrogens (tertiary/aromatic N) is 1. The number of benzene rings is 1. The minimum Gasteiger partial charge on any atom is -0.291 e. The van der Waals surface area contributed by atoms with Gasteiger partial charge in [0.15, 0.2) is 5.78 Å². The van der Waals surface area contributed by atoms with Crippen molar-refractivity contribution in [2.24, 2.45) is 0 Å². The number of aryl methyl sites for hydroxylation is 1. The van der Waals surface area contributed by atoms with E-state index in [-0.39, 0.29) is 23.4 Å². The second-order valence-corrected chi connectivity index (χ2v) is 6.00. The molecular formula is C15H12N2O3S. The van der Waals surface area contributed by atoms with E-state index in [2.05, 4.69) is 5.10 Å². The van der Waals surface area contributed by atoms with E-state index in [9.17, 15) is 14.4 Å². The van der Waals surface area contributed by atoms with E-state index in [1.165, 1.54) is 11.3 Å². The van der Waals surface area contributed by atoms with Crippen LogP contribution in [0.5, 0.6) is 0 Å². The molecule has 0 aliphatic carbocycles. The van der Waals surface area contributed by atoms with Gasteiger partial charge in [-0.1, -0.05) is 12.1 Å². The summed E-state index contributed by atoms with van der Waals surface area (Å²) in [7, 11) is 0. The molecule has 1 aromatic carbocycles. The quantitative estimate of drug-likeness (QED) is 0.751. The number of Topliss-reactive ketones (excluding diaryl/α,β-unsaturated/α-hetero) is 1. The number of hydrogen-bond acceptors (Lipinski definition) is 4. The average Bonchev–Trinajstić information content (AvgIpc) is 2.91. The topological polar surface area (TPSA) is 71.9 Å². The molecule has 106 valence electrons. The summed E-state index contributed by atoms with van der Waals surface area (Å²) in [6.45, 7) is 1.74. The lowest BCUT2D eigenvalue weighted by Crippen LogP contribution is -2.32. The summed E-state index contributed by atoms with van der Waals surface area (Å²) in [4.78, 5) is 38.0. The van der Waals surface area contributed by atoms with Gasteiger partial charge >= 0.3 is 0 Å². The van der Waals surface area contributed by atoms with Crippen LogP contribution in [-0.4, -0.2) is 15.6 Å². The third kappa shape index (κ3) is 2.45. The Kier molecular flexibility index (Phi) is 3.31. The van der Waals surface area contributed by atoms with Gasteiger partial charge in [-0.15, -0.1) is 11.3 Å². The van der Waals surface area contributed by atoms with Crippen LogP contribution in [0.1, 0.15) is 14.5 Å². The van der Waals surface area contributed by atoms with Crippen LogP contribution in [0.4, 0.5) is 0 Å². The number of thiophene rings is 1. The van der Waals surface area contributed by atoms with Crippen molar-refractivity contribution in [2.75, 3.05) is 0 Å². The Balaban J connectivity index is 2.06. The fraction of sp³-hybridized carbons (Fsp3) is 0.133. The molecule has 0 aliphatic heterocycles. The van der Waals surface area contributed by atoms with Crippen molar-refractivity contribution in [3.05, 3.63) is 66.9 Å². The number of aromatic amines is 1. The molecule has 0 bridgehead atoms. The van der Waals surface area contributed by atoms with Crippen LogP contribution in [0.25, 0.3) is 10.8 Å². The molecule has 0 unspecified atom stereocenters. The number of carbonyl (C=O) groups excluding carboxylic acids is 1. The molecule has 0 spiro atoms. The summed E-state index contributed by atoms with van der Waals surface area (Å²) in [6, 6.07) is 10.1. The fourth-order valence-electron chi connectivity index (χ4n) is 2.16. The summed E-state index contributed by atoms with van der Waals surface area (Å²) in [5, 5.41) is 3.11. The molecule has 0 saturated carbocycles. The number of aromatic nitrogens is 2. The highest BCUT2D eigenvalue weighted by atomic mass is 32.1. The van der Waals surface area contributed by atoms with Crippen LogP contribution >= 0.6 is 11.3 Å². The zero-order valence-corrected chi connectivity index (χ0v) is 12.1. The van der Waals surface area contributed by atoms with E-state index in [4.69, 9.17) is 0 Å². The summed E-state index contributed by atoms with van der Waals surface area (Å²) >= 11 is 1.37. The maximum atomic E-state index is 12.3. The van der Waals surface area contributed by atoms with Crippen LogP contribution in [0.2, 0.25) is 0 Å². The molecule has 2 heterocycles. The number of carbonyl (C=O) groups is 1. The van der Waals surface area contributed by atoms with E-state index >= 15 is 0 Å². The van der Waals surface area contributed by atoms with Gasteiger partial charge in [0.05, 0.1) is 15.6 Å². The lowest BCUT2D eigenvalue weighted by atomic mass is 10.2. The van der Waals surface area contributed by atoms with E-state index in [1.54, 1.807) is 30.3 Å². The zero-order valence-electron chi connectivity index (χ0n) is 11.3. The first kappa shape index (κ1) is 13.5. The van der Waals surface area contributed by atoms with Crippen molar-refractivity contribution in [1.82, 2.24) is 9.78 Å². The Labute approximate surface area is 123 Å². The van der Waals surface area contributed by atoms with Gasteiger partial charge in [-0.05, 0) is 31.2 Å². The molecule has 5 nitrogen and oxygen atoms in total. The van der Waals surface area contributed by atoms with Crippen molar-refractivity contribution >= 4 is 27.9 Å². The summed E-state index contributed by atoms with van der Waals surface area (Å²) in [5.41, 5.74) is -0.743. The highest BCUT2D eigenvalue weighted by Crippen LogP contribution is 2.15. The van der Waals surface area contributed by atoms with Gasteiger partial charge in [-0.3, -0.25) is 19.5 Å². The smallest absolute Gasteiger partial charge is 0.273 e. The van der Waals surface area contributed by atoms with Gasteiger partial charge in [0.1, 0.15) is 6.54 Å². The molecule has 0 saturated heterocycles. The van der Waals surface area contributed by atoms with E-state index in [1.807, 2.05) is 13.0 Å². The van der Waals surface area contributed by atoms with Crippen LogP contribution in [0.15, 0.2) is 46.0 Å². The Morgan fingerprint density at radius 3 is 2.52 bits per heavy atom. The molecule has 0 atom stereocenters. The van der Waals surface area contributed by atoms with Crippen LogP contribution < -0.4 is 11.1 Å². The third-order valence-corrected chi connectivity index (χ3v) is 4.24. The first-order valence-corrected chi connectivity index (χ1v) is 7.19. The number of H-pyrrole nitrogens is 1. The number of rotatable bonds is 3. The standard InChI is InChI=1S/C15H12N2O3S/c1-9-6-7-13(21-9)12(18)8-17-15(20)11-5-3-2-4-10(11)14(19)16-17/h2-7H,8H2,1H3,(H,16,19). The Morgan fingerprint density at radius 2 is 1.86 bits per heavy atom. The second-order valence-electron chi connectivity index (χ2n) is 4.71. The van der Waals surface area contributed by atoms with Crippen molar-refractivity contribution in [3.63, 3.8) is 0 Å². The summed E-state index contributed by atoms with van der Waals surface area (Å²) < 4.78 is 1.07. The van der Waals surface area contributed by atoms with E-state index in [0.717, 1.165) is 9.56 Å². The van der Waals surface area contributed by atoms with Gasteiger partial charge in [0.25, 0.3) is 11.1 Å². The van der Waals surface area contributed by atoms with Crippen LogP contribution in [-0.2, 0) is 6.54 Å². The molecule has 21 heavy (non-hydrogen) atoms. The largest absolute Gasteiger partial charge is 0.291 e. The zero-order chi connectivity index (χ0) is 15.0. The second kappa shape index (κ2) is 5.14. The van der Waals surface area contributed by atoms with Crippen molar-refractivity contribution < 1.29 is 4.79 Å². The highest BCUT2D eigenvalue weighted by molar-refractivity contribution is 7.14. The third-order valence-electron chi connectivity index (χ3n) is 3.20. The Hall–Kier alpha value is -2.47. The average molecular weight is 300 g/mol. The van der Waals surface area contributed by atoms with E-state index < -0.39 is 0 Å². The fourth-order valence-corrected chi connectivity index (χ4v) is 2.96. The predicted molar refractivity (Wildman–Crippen MR) is 82.2 cm³/mol. The van der Waals surface area contributed by atoms with Gasteiger partial charge in [0.2, 0.25) is 0 Å². The Morgan fingerprint density at radius 1 is 1.14 bits per heavy atom. The van der Waals surface area contributed by atoms with Crippen molar-refractivity contribution in [2.45, 2.75) is 13.5 Å². The first-order chi connectivity index (χ1) is 10.1. The molecule has 1 N–H and O–H groups in total. The van der Waals surface area contributed by atoms with Gasteiger partial charge < -0.3 is 0 Å². The van der Waals surface area contributed by atoms with Crippen molar-refractivity contribution in [1.29, 1.82) is 0 Å². The minimum absolute atomic E-state index is 0.168. The number of hydrogen-bond donors (Lipinski definition) is 1. The highest BCUT2D eigenvalue weighted by Gasteiger charge is 2.12. The molecule has 0 amide bonds. The van der Waals surface area contributed by atoms with Gasteiger partial charge in [-0.25, -0.2) is 4.68 Å². The molecule has 6 heteroatoms. The van der Waals surface area contributed by atoms with E-state index in [0.29, 0.717) is 15.6 Å². The van der Waals surface area contributed by atoms with Gasteiger partial charge in [-0.2, -0.15) is 0 Å². The maximum Gasteiger partial charge on any atom is 0.273 e. The molecule has 3 rings (SSSR count). The molecule has 0 aliphatic rings. The lowest BCUT2D eigenvalue weighted by Gasteiger charge is -2.05. The van der Waals surface area contributed by atoms with Crippen molar-refractivity contribution in [3.8, 4) is 0 Å². The molecule has 3 aromatic rings. The lowest BCUT2D eigenvalue weighted by molar-refractivity contribution is 0.0969. The monoisotopic (exact) mass is 300 g/mol. The number of ketones is 1. The maximum absolute atomic E-state index is 12.3. The van der Waals surface area contributed by atoms with Gasteiger partial charge in [0, 0.05) is 4.88 Å². The Bertz CT molecular complexity index is 949. The molecule has 2 aromatic heterocycles. The molecular weight excluding hydrogens is 288 g/mol. The normalized spacial score (nSPS) is 10.9. The number of fused-ring (bicyclic) bond motifs is 1. The van der Waals surface area contributed by atoms with Crippen LogP contribution in [0.3, 0.4) is 0 Å². The first-order valence-electron chi connectivity index (χ1n) is 6.38. The van der Waals surface area contributed by atoms with Crippen LogP contribution in [0, 0.1) is 6.92 Å². The minimum atomic E-state index is -0.375. The predicted octanol–water partition coefficient (Wildman–Crippen LogP) is 1.94. The summed E-state index contributed by atoms with van der Waals surface area (Å²) in [6.07, 6.45) is 0. The SMILES string of the molecule is Cc1ccc(C(=O)Cn2[nH]c(=O)c3ccccc3c2=O)s1. The number of nitrogens with one attached hydrogen (secondary N) is 1. The molecule has 0 radical (unpaired) electrons.